The van der Waals surface area contributed by atoms with Crippen molar-refractivity contribution in [2.75, 3.05) is 33.5 Å². The van der Waals surface area contributed by atoms with E-state index >= 15 is 0 Å². The van der Waals surface area contributed by atoms with Crippen molar-refractivity contribution in [3.63, 3.8) is 0 Å². The zero-order valence-corrected chi connectivity index (χ0v) is 19.0. The molecular formula is C25H38O4. The number of hydrogen-bond donors (Lipinski definition) is 0. The minimum absolute atomic E-state index is 0.242. The van der Waals surface area contributed by atoms with Gasteiger partial charge in [-0.2, -0.15) is 0 Å². The molecule has 4 nitrogen and oxygen atoms in total. The summed E-state index contributed by atoms with van der Waals surface area (Å²) in [6.07, 6.45) is 15.6. The highest BCUT2D eigenvalue weighted by atomic mass is 16.6. The molecule has 0 aromatic heterocycles. The fraction of sp³-hybridized carbons (Fsp3) is 0.560. The third-order valence-electron chi connectivity index (χ3n) is 5.02. The first-order valence-corrected chi connectivity index (χ1v) is 10.4. The van der Waals surface area contributed by atoms with Gasteiger partial charge in [0.15, 0.2) is 0 Å². The second-order valence-electron chi connectivity index (χ2n) is 8.20. The number of methoxy groups -OCH3 is 1. The molecule has 162 valence electrons. The number of carbonyl (C=O) groups excluding carboxylic acids is 1. The van der Waals surface area contributed by atoms with Gasteiger partial charge in [-0.1, -0.05) is 55.4 Å². The van der Waals surface area contributed by atoms with Gasteiger partial charge in [-0.15, -0.1) is 0 Å². The van der Waals surface area contributed by atoms with E-state index in [1.54, 1.807) is 7.11 Å². The molecule has 0 aromatic rings. The van der Waals surface area contributed by atoms with Gasteiger partial charge in [0.1, 0.15) is 6.61 Å². The highest BCUT2D eigenvalue weighted by Crippen LogP contribution is 2.40. The Balaban J connectivity index is 2.50. The molecule has 0 fully saturated rings. The standard InChI is InChI=1S/C25H38O4/c1-20(12-13-23-22(3)11-8-14-25(23,4)5)9-7-10-21(2)19-24(26)29-18-17-28-16-15-27-6/h7,9-10,12-13,19H,8,11,14-18H2,1-6H3/b10-7+,13-12+,20-9+,21-19+. The number of carbonyl (C=O) groups is 1. The lowest BCUT2D eigenvalue weighted by Gasteiger charge is -2.32. The molecule has 1 aliphatic carbocycles. The highest BCUT2D eigenvalue weighted by molar-refractivity contribution is 5.83. The van der Waals surface area contributed by atoms with Crippen molar-refractivity contribution < 1.29 is 19.0 Å². The second kappa shape index (κ2) is 13.3. The van der Waals surface area contributed by atoms with E-state index in [1.165, 1.54) is 42.1 Å². The van der Waals surface area contributed by atoms with Crippen molar-refractivity contribution in [3.05, 3.63) is 58.7 Å². The van der Waals surface area contributed by atoms with Crippen LogP contribution < -0.4 is 0 Å². The van der Waals surface area contributed by atoms with Crippen LogP contribution in [-0.2, 0) is 19.0 Å². The third kappa shape index (κ3) is 10.4. The van der Waals surface area contributed by atoms with Crippen LogP contribution in [0.1, 0.15) is 53.9 Å². The van der Waals surface area contributed by atoms with Crippen LogP contribution in [0.2, 0.25) is 0 Å². The summed E-state index contributed by atoms with van der Waals surface area (Å²) in [5.74, 6) is -0.356. The first-order chi connectivity index (χ1) is 13.8. The van der Waals surface area contributed by atoms with Crippen LogP contribution in [0.25, 0.3) is 0 Å². The normalized spacial score (nSPS) is 18.1. The maximum Gasteiger partial charge on any atom is 0.331 e. The summed E-state index contributed by atoms with van der Waals surface area (Å²) in [6, 6.07) is 0. The van der Waals surface area contributed by atoms with Crippen LogP contribution in [0.3, 0.4) is 0 Å². The largest absolute Gasteiger partial charge is 0.460 e. The Morgan fingerprint density at radius 1 is 1.07 bits per heavy atom. The topological polar surface area (TPSA) is 44.8 Å². The molecule has 0 N–H and O–H groups in total. The molecule has 1 aliphatic rings. The Morgan fingerprint density at radius 3 is 2.48 bits per heavy atom. The minimum Gasteiger partial charge on any atom is -0.460 e. The molecule has 0 aromatic carbocycles. The predicted octanol–water partition coefficient (Wildman–Crippen LogP) is 5.72. The second-order valence-corrected chi connectivity index (χ2v) is 8.20. The average Bonchev–Trinajstić information content (AvgIpc) is 2.63. The zero-order valence-electron chi connectivity index (χ0n) is 19.0. The van der Waals surface area contributed by atoms with Gasteiger partial charge in [0.25, 0.3) is 0 Å². The quantitative estimate of drug-likeness (QED) is 0.192. The Kier molecular flexibility index (Phi) is 11.6. The minimum atomic E-state index is -0.356. The van der Waals surface area contributed by atoms with Gasteiger partial charge in [-0.3, -0.25) is 0 Å². The first kappa shape index (κ1) is 25.1. The van der Waals surface area contributed by atoms with E-state index in [2.05, 4.69) is 45.9 Å². The lowest BCUT2D eigenvalue weighted by molar-refractivity contribution is -0.139. The van der Waals surface area contributed by atoms with Gasteiger partial charge in [0.2, 0.25) is 0 Å². The number of esters is 1. The molecular weight excluding hydrogens is 364 g/mol. The van der Waals surface area contributed by atoms with Crippen molar-refractivity contribution in [1.82, 2.24) is 0 Å². The Hall–Kier alpha value is -1.91. The number of ether oxygens (including phenoxy) is 3. The summed E-state index contributed by atoms with van der Waals surface area (Å²) in [4.78, 5) is 11.8. The van der Waals surface area contributed by atoms with Crippen molar-refractivity contribution >= 4 is 5.97 Å². The molecule has 4 heteroatoms. The van der Waals surface area contributed by atoms with E-state index in [0.29, 0.717) is 19.8 Å². The number of allylic oxidation sites excluding steroid dienone is 9. The van der Waals surface area contributed by atoms with Crippen LogP contribution in [0.5, 0.6) is 0 Å². The summed E-state index contributed by atoms with van der Waals surface area (Å²) in [5, 5.41) is 0. The highest BCUT2D eigenvalue weighted by Gasteiger charge is 2.26. The lowest BCUT2D eigenvalue weighted by Crippen LogP contribution is -2.19. The molecule has 1 rings (SSSR count). The summed E-state index contributed by atoms with van der Waals surface area (Å²) in [6.45, 7) is 12.5. The molecule has 0 saturated carbocycles. The van der Waals surface area contributed by atoms with Gasteiger partial charge < -0.3 is 14.2 Å². The molecule has 0 bridgehead atoms. The Labute approximate surface area is 177 Å². The molecule has 0 heterocycles. The smallest absolute Gasteiger partial charge is 0.331 e. The molecule has 0 aliphatic heterocycles. The first-order valence-electron chi connectivity index (χ1n) is 10.4. The molecule has 29 heavy (non-hydrogen) atoms. The zero-order chi connectivity index (χ0) is 21.7. The van der Waals surface area contributed by atoms with E-state index in [-0.39, 0.29) is 18.0 Å². The van der Waals surface area contributed by atoms with Crippen LogP contribution in [0.15, 0.2) is 58.7 Å². The van der Waals surface area contributed by atoms with Crippen molar-refractivity contribution in [1.29, 1.82) is 0 Å². The van der Waals surface area contributed by atoms with Gasteiger partial charge in [-0.25, -0.2) is 4.79 Å². The van der Waals surface area contributed by atoms with Crippen molar-refractivity contribution in [2.24, 2.45) is 5.41 Å². The Bertz CT molecular complexity index is 675. The maximum absolute atomic E-state index is 11.8. The van der Waals surface area contributed by atoms with E-state index in [4.69, 9.17) is 14.2 Å². The summed E-state index contributed by atoms with van der Waals surface area (Å²) in [7, 11) is 1.62. The fourth-order valence-corrected chi connectivity index (χ4v) is 3.35. The molecule has 0 spiro atoms. The molecule has 0 atom stereocenters. The molecule has 0 unspecified atom stereocenters. The molecule has 0 amide bonds. The fourth-order valence-electron chi connectivity index (χ4n) is 3.35. The van der Waals surface area contributed by atoms with Gasteiger partial charge in [0, 0.05) is 13.2 Å². The third-order valence-corrected chi connectivity index (χ3v) is 5.02. The Morgan fingerprint density at radius 2 is 1.79 bits per heavy atom. The summed E-state index contributed by atoms with van der Waals surface area (Å²) < 4.78 is 15.2. The van der Waals surface area contributed by atoms with Crippen LogP contribution >= 0.6 is 0 Å². The van der Waals surface area contributed by atoms with Crippen molar-refractivity contribution in [2.45, 2.75) is 53.9 Å². The molecule has 0 radical (unpaired) electrons. The number of hydrogen-bond acceptors (Lipinski definition) is 4. The number of rotatable bonds is 11. The van der Waals surface area contributed by atoms with E-state index < -0.39 is 0 Å². The lowest BCUT2D eigenvalue weighted by atomic mass is 9.72. The van der Waals surface area contributed by atoms with Crippen LogP contribution in [0.4, 0.5) is 0 Å². The predicted molar refractivity (Wildman–Crippen MR) is 120 cm³/mol. The van der Waals surface area contributed by atoms with Crippen molar-refractivity contribution in [3.8, 4) is 0 Å². The van der Waals surface area contributed by atoms with Crippen LogP contribution in [0, 0.1) is 5.41 Å². The van der Waals surface area contributed by atoms with Gasteiger partial charge in [-0.05, 0) is 56.6 Å². The summed E-state index contributed by atoms with van der Waals surface area (Å²) in [5.41, 5.74) is 5.23. The van der Waals surface area contributed by atoms with Gasteiger partial charge >= 0.3 is 5.97 Å². The average molecular weight is 403 g/mol. The van der Waals surface area contributed by atoms with E-state index in [9.17, 15) is 4.79 Å². The SMILES string of the molecule is COCCOCCOC(=O)/C=C(C)/C=C/C=C(C)/C=C/C1=C(C)CCCC1(C)C. The van der Waals surface area contributed by atoms with E-state index in [0.717, 1.165) is 5.57 Å². The van der Waals surface area contributed by atoms with Gasteiger partial charge in [0.05, 0.1) is 19.8 Å². The maximum atomic E-state index is 11.8. The molecule has 0 saturated heterocycles. The van der Waals surface area contributed by atoms with E-state index in [1.807, 2.05) is 19.1 Å². The monoisotopic (exact) mass is 402 g/mol. The van der Waals surface area contributed by atoms with Crippen LogP contribution in [-0.4, -0.2) is 39.5 Å². The summed E-state index contributed by atoms with van der Waals surface area (Å²) >= 11 is 0.